The van der Waals surface area contributed by atoms with Crippen molar-refractivity contribution in [3.8, 4) is 0 Å². The molecule has 1 aliphatic heterocycles. The van der Waals surface area contributed by atoms with Crippen LogP contribution < -0.4 is 11.3 Å². The third kappa shape index (κ3) is 3.96. The molecule has 0 aliphatic carbocycles. The fourth-order valence-electron chi connectivity index (χ4n) is 2.71. The third-order valence-electron chi connectivity index (χ3n) is 3.74. The monoisotopic (exact) mass is 325 g/mol. The predicted molar refractivity (Wildman–Crippen MR) is 91.9 cm³/mol. The molecule has 0 aromatic heterocycles. The highest BCUT2D eigenvalue weighted by Gasteiger charge is 2.33. The summed E-state index contributed by atoms with van der Waals surface area (Å²) in [7, 11) is 0. The van der Waals surface area contributed by atoms with Crippen LogP contribution in [-0.2, 0) is 0 Å². The van der Waals surface area contributed by atoms with Crippen LogP contribution in [0.2, 0.25) is 0 Å². The van der Waals surface area contributed by atoms with Crippen LogP contribution in [0.15, 0.2) is 60.7 Å². The van der Waals surface area contributed by atoms with Gasteiger partial charge in [-0.25, -0.2) is 0 Å². The van der Waals surface area contributed by atoms with Crippen LogP contribution in [0, 0.1) is 0 Å². The topological polar surface area (TPSA) is 41.3 Å². The number of benzene rings is 2. The molecule has 1 saturated heterocycles. The molecule has 3 rings (SSSR count). The lowest BCUT2D eigenvalue weighted by Crippen LogP contribution is -2.60. The first-order chi connectivity index (χ1) is 9.38. The lowest BCUT2D eigenvalue weighted by Gasteiger charge is -2.44. The van der Waals surface area contributed by atoms with Gasteiger partial charge < -0.3 is 0 Å². The Labute approximate surface area is 138 Å². The van der Waals surface area contributed by atoms with Gasteiger partial charge in [-0.1, -0.05) is 60.7 Å². The highest BCUT2D eigenvalue weighted by molar-refractivity contribution is 5.85. The van der Waals surface area contributed by atoms with Crippen LogP contribution >= 0.6 is 24.8 Å². The average molecular weight is 326 g/mol. The van der Waals surface area contributed by atoms with Gasteiger partial charge >= 0.3 is 0 Å². The SMILES string of the molecule is Cl.Cl.NNC1CN(C(c2ccccc2)c2ccccc2)C1. The van der Waals surface area contributed by atoms with Crippen molar-refractivity contribution in [3.05, 3.63) is 71.8 Å². The fraction of sp³-hybridized carbons (Fsp3) is 0.250. The number of likely N-dealkylation sites (tertiary alicyclic amines) is 1. The first kappa shape index (κ1) is 18.0. The van der Waals surface area contributed by atoms with Crippen molar-refractivity contribution in [1.82, 2.24) is 10.3 Å². The lowest BCUT2D eigenvalue weighted by atomic mass is 9.93. The second-order valence-corrected chi connectivity index (χ2v) is 5.04. The molecule has 21 heavy (non-hydrogen) atoms. The molecule has 0 unspecified atom stereocenters. The second kappa shape index (κ2) is 8.37. The Kier molecular flexibility index (Phi) is 7.15. The number of hydrogen-bond acceptors (Lipinski definition) is 3. The van der Waals surface area contributed by atoms with Gasteiger partial charge in [0.25, 0.3) is 0 Å². The lowest BCUT2D eigenvalue weighted by molar-refractivity contribution is 0.0935. The van der Waals surface area contributed by atoms with Gasteiger partial charge in [-0.2, -0.15) is 0 Å². The van der Waals surface area contributed by atoms with E-state index < -0.39 is 0 Å². The van der Waals surface area contributed by atoms with Gasteiger partial charge in [0, 0.05) is 19.1 Å². The Morgan fingerprint density at radius 2 is 1.29 bits per heavy atom. The van der Waals surface area contributed by atoms with Crippen molar-refractivity contribution in [2.75, 3.05) is 13.1 Å². The summed E-state index contributed by atoms with van der Waals surface area (Å²) < 4.78 is 0. The van der Waals surface area contributed by atoms with E-state index in [-0.39, 0.29) is 24.8 Å². The molecule has 5 heteroatoms. The summed E-state index contributed by atoms with van der Waals surface area (Å²) in [6.45, 7) is 1.98. The van der Waals surface area contributed by atoms with Crippen molar-refractivity contribution in [3.63, 3.8) is 0 Å². The number of halogens is 2. The summed E-state index contributed by atoms with van der Waals surface area (Å²) >= 11 is 0. The quantitative estimate of drug-likeness (QED) is 0.671. The zero-order valence-electron chi connectivity index (χ0n) is 11.7. The van der Waals surface area contributed by atoms with Crippen molar-refractivity contribution < 1.29 is 0 Å². The van der Waals surface area contributed by atoms with E-state index in [1.165, 1.54) is 11.1 Å². The number of hydrazine groups is 1. The first-order valence-electron chi connectivity index (χ1n) is 6.68. The minimum absolute atomic E-state index is 0. The highest BCUT2D eigenvalue weighted by atomic mass is 35.5. The molecule has 3 N–H and O–H groups in total. The van der Waals surface area contributed by atoms with Gasteiger partial charge in [0.15, 0.2) is 0 Å². The third-order valence-corrected chi connectivity index (χ3v) is 3.74. The summed E-state index contributed by atoms with van der Waals surface area (Å²) in [4.78, 5) is 2.45. The zero-order chi connectivity index (χ0) is 13.1. The number of nitrogens with one attached hydrogen (secondary N) is 1. The molecule has 0 bridgehead atoms. The predicted octanol–water partition coefficient (Wildman–Crippen LogP) is 2.77. The summed E-state index contributed by atoms with van der Waals surface area (Å²) in [6, 6.07) is 22.0. The minimum atomic E-state index is 0. The second-order valence-electron chi connectivity index (χ2n) is 5.04. The standard InChI is InChI=1S/C16H19N3.2ClH/c17-18-15-11-19(12-15)16(13-7-3-1-4-8-13)14-9-5-2-6-10-14;;/h1-10,15-16,18H,11-12,17H2;2*1H. The van der Waals surface area contributed by atoms with Crippen molar-refractivity contribution >= 4 is 24.8 Å². The van der Waals surface area contributed by atoms with Gasteiger partial charge in [0.1, 0.15) is 0 Å². The van der Waals surface area contributed by atoms with Gasteiger partial charge in [0.05, 0.1) is 6.04 Å². The van der Waals surface area contributed by atoms with Crippen LogP contribution in [-0.4, -0.2) is 24.0 Å². The molecule has 0 radical (unpaired) electrons. The molecule has 0 atom stereocenters. The molecule has 1 aliphatic rings. The average Bonchev–Trinajstić information content (AvgIpc) is 2.44. The van der Waals surface area contributed by atoms with Gasteiger partial charge in [0.2, 0.25) is 0 Å². The number of nitrogens with zero attached hydrogens (tertiary/aromatic N) is 1. The van der Waals surface area contributed by atoms with Crippen LogP contribution in [0.25, 0.3) is 0 Å². The van der Waals surface area contributed by atoms with Crippen LogP contribution in [0.4, 0.5) is 0 Å². The van der Waals surface area contributed by atoms with E-state index >= 15 is 0 Å². The molecule has 1 heterocycles. The van der Waals surface area contributed by atoms with Gasteiger partial charge in [-0.05, 0) is 11.1 Å². The van der Waals surface area contributed by atoms with E-state index in [4.69, 9.17) is 5.84 Å². The molecule has 1 fully saturated rings. The Morgan fingerprint density at radius 3 is 1.67 bits per heavy atom. The van der Waals surface area contributed by atoms with Crippen LogP contribution in [0.1, 0.15) is 17.2 Å². The number of rotatable bonds is 4. The van der Waals surface area contributed by atoms with Crippen LogP contribution in [0.3, 0.4) is 0 Å². The molecular weight excluding hydrogens is 305 g/mol. The maximum Gasteiger partial charge on any atom is 0.0602 e. The first-order valence-corrected chi connectivity index (χ1v) is 6.68. The van der Waals surface area contributed by atoms with Crippen molar-refractivity contribution in [2.24, 2.45) is 5.84 Å². The minimum Gasteiger partial charge on any atom is -0.289 e. The number of hydrogen-bond donors (Lipinski definition) is 2. The molecule has 0 spiro atoms. The van der Waals surface area contributed by atoms with E-state index in [9.17, 15) is 0 Å². The van der Waals surface area contributed by atoms with E-state index in [0.29, 0.717) is 12.1 Å². The molecule has 114 valence electrons. The van der Waals surface area contributed by atoms with Crippen LogP contribution in [0.5, 0.6) is 0 Å². The molecule has 0 saturated carbocycles. The van der Waals surface area contributed by atoms with E-state index in [1.54, 1.807) is 0 Å². The highest BCUT2D eigenvalue weighted by Crippen LogP contribution is 2.31. The Hall–Kier alpha value is -1.10. The van der Waals surface area contributed by atoms with Gasteiger partial charge in [-0.15, -0.1) is 24.8 Å². The normalized spacial score (nSPS) is 15.0. The number of nitrogens with two attached hydrogens (primary N) is 1. The molecule has 0 amide bonds. The van der Waals surface area contributed by atoms with E-state index in [2.05, 4.69) is 71.0 Å². The molecule has 3 nitrogen and oxygen atoms in total. The Morgan fingerprint density at radius 1 is 0.857 bits per heavy atom. The maximum atomic E-state index is 5.50. The fourth-order valence-corrected chi connectivity index (χ4v) is 2.71. The zero-order valence-corrected chi connectivity index (χ0v) is 13.3. The largest absolute Gasteiger partial charge is 0.289 e. The summed E-state index contributed by atoms with van der Waals surface area (Å²) in [5, 5.41) is 0. The van der Waals surface area contributed by atoms with Gasteiger partial charge in [-0.3, -0.25) is 16.2 Å². The summed E-state index contributed by atoms with van der Waals surface area (Å²) in [6.07, 6.45) is 0. The smallest absolute Gasteiger partial charge is 0.0602 e. The van der Waals surface area contributed by atoms with Crippen molar-refractivity contribution in [1.29, 1.82) is 0 Å². The molecule has 2 aromatic carbocycles. The maximum absolute atomic E-state index is 5.50. The summed E-state index contributed by atoms with van der Waals surface area (Å²) in [5.41, 5.74) is 5.52. The van der Waals surface area contributed by atoms with E-state index in [1.807, 2.05) is 0 Å². The van der Waals surface area contributed by atoms with Crippen molar-refractivity contribution in [2.45, 2.75) is 12.1 Å². The molecule has 2 aromatic rings. The van der Waals surface area contributed by atoms with E-state index in [0.717, 1.165) is 13.1 Å². The summed E-state index contributed by atoms with van der Waals surface area (Å²) in [5.74, 6) is 5.50. The Bertz CT molecular complexity index is 476. The molecular formula is C16H21Cl2N3. The Balaban J connectivity index is 0.00000110.